The van der Waals surface area contributed by atoms with Crippen molar-refractivity contribution in [1.82, 2.24) is 0 Å². The first-order valence-corrected chi connectivity index (χ1v) is 11.5. The van der Waals surface area contributed by atoms with E-state index in [2.05, 4.69) is 33.4 Å². The molecule has 0 aromatic heterocycles. The summed E-state index contributed by atoms with van der Waals surface area (Å²) in [4.78, 5) is 23.7. The van der Waals surface area contributed by atoms with Gasteiger partial charge in [-0.05, 0) is 37.1 Å². The molecule has 0 bridgehead atoms. The van der Waals surface area contributed by atoms with Gasteiger partial charge in [0.1, 0.15) is 0 Å². The first-order chi connectivity index (χ1) is 12.0. The molecule has 0 aliphatic carbocycles. The number of benzene rings is 1. The Hall–Kier alpha value is -1.53. The zero-order chi connectivity index (χ0) is 20.1. The SMILES string of the molecule is CCC(C(=O)S)C(=O)C=Cc1ccc(C(C)(C)C)c(OC)c1O[Si](C)C. The highest BCUT2D eigenvalue weighted by Crippen LogP contribution is 2.41. The fourth-order valence-corrected chi connectivity index (χ4v) is 3.53. The number of ether oxygens (including phenoxy) is 1. The first kappa shape index (κ1) is 22.5. The molecule has 0 spiro atoms. The van der Waals surface area contributed by atoms with Gasteiger partial charge < -0.3 is 9.16 Å². The molecule has 1 radical (unpaired) electrons. The van der Waals surface area contributed by atoms with E-state index < -0.39 is 20.1 Å². The van der Waals surface area contributed by atoms with Crippen molar-refractivity contribution >= 4 is 38.6 Å². The van der Waals surface area contributed by atoms with E-state index in [1.54, 1.807) is 20.1 Å². The van der Waals surface area contributed by atoms with Gasteiger partial charge in [0.15, 0.2) is 22.4 Å². The van der Waals surface area contributed by atoms with Crippen LogP contribution in [0.4, 0.5) is 0 Å². The van der Waals surface area contributed by atoms with Crippen molar-refractivity contribution in [3.05, 3.63) is 29.3 Å². The van der Waals surface area contributed by atoms with Crippen molar-refractivity contribution in [2.24, 2.45) is 5.92 Å². The lowest BCUT2D eigenvalue weighted by Crippen LogP contribution is -2.18. The topological polar surface area (TPSA) is 52.6 Å². The van der Waals surface area contributed by atoms with Crippen LogP contribution >= 0.6 is 12.6 Å². The van der Waals surface area contributed by atoms with Gasteiger partial charge in [-0.2, -0.15) is 0 Å². The fourth-order valence-electron chi connectivity index (χ4n) is 2.60. The summed E-state index contributed by atoms with van der Waals surface area (Å²) in [7, 11) is 0.586. The maximum absolute atomic E-state index is 12.3. The minimum absolute atomic E-state index is 0.109. The highest BCUT2D eigenvalue weighted by molar-refractivity contribution is 7.96. The van der Waals surface area contributed by atoms with E-state index in [4.69, 9.17) is 9.16 Å². The first-order valence-electron chi connectivity index (χ1n) is 8.67. The smallest absolute Gasteiger partial charge is 0.274 e. The summed E-state index contributed by atoms with van der Waals surface area (Å²) in [6.45, 7) is 12.2. The van der Waals surface area contributed by atoms with Crippen LogP contribution in [0.15, 0.2) is 18.2 Å². The predicted molar refractivity (Wildman–Crippen MR) is 112 cm³/mol. The van der Waals surface area contributed by atoms with E-state index in [0.29, 0.717) is 17.9 Å². The summed E-state index contributed by atoms with van der Waals surface area (Å²) in [6.07, 6.45) is 3.55. The Morgan fingerprint density at radius 1 is 1.23 bits per heavy atom. The number of thiol groups is 1. The van der Waals surface area contributed by atoms with E-state index in [1.807, 2.05) is 25.2 Å². The molecule has 26 heavy (non-hydrogen) atoms. The van der Waals surface area contributed by atoms with Crippen LogP contribution in [0, 0.1) is 5.92 Å². The van der Waals surface area contributed by atoms with Crippen molar-refractivity contribution in [2.45, 2.75) is 52.6 Å². The lowest BCUT2D eigenvalue weighted by atomic mass is 9.85. The van der Waals surface area contributed by atoms with E-state index >= 15 is 0 Å². The molecular weight excluding hydrogens is 364 g/mol. The maximum atomic E-state index is 12.3. The van der Waals surface area contributed by atoms with Gasteiger partial charge >= 0.3 is 0 Å². The van der Waals surface area contributed by atoms with Crippen molar-refractivity contribution in [1.29, 1.82) is 0 Å². The molecule has 1 aromatic carbocycles. The number of methoxy groups -OCH3 is 1. The molecule has 143 valence electrons. The third-order valence-corrected chi connectivity index (χ3v) is 4.86. The molecule has 0 amide bonds. The van der Waals surface area contributed by atoms with Crippen molar-refractivity contribution < 1.29 is 18.8 Å². The number of carbonyl (C=O) groups is 2. The molecule has 1 unspecified atom stereocenters. The quantitative estimate of drug-likeness (QED) is 0.301. The molecule has 0 fully saturated rings. The molecule has 1 atom stereocenters. The van der Waals surface area contributed by atoms with Crippen LogP contribution in [0.1, 0.15) is 45.2 Å². The van der Waals surface area contributed by atoms with Gasteiger partial charge in [0.05, 0.1) is 13.0 Å². The fraction of sp³-hybridized carbons (Fsp3) is 0.500. The number of ketones is 1. The van der Waals surface area contributed by atoms with E-state index in [9.17, 15) is 9.59 Å². The Balaban J connectivity index is 3.40. The summed E-state index contributed by atoms with van der Waals surface area (Å²) in [6, 6.07) is 3.92. The zero-order valence-electron chi connectivity index (χ0n) is 16.7. The summed E-state index contributed by atoms with van der Waals surface area (Å²) < 4.78 is 11.8. The van der Waals surface area contributed by atoms with Crippen LogP contribution in [0.3, 0.4) is 0 Å². The maximum Gasteiger partial charge on any atom is 0.274 e. The second-order valence-corrected chi connectivity index (χ2v) is 9.82. The Kier molecular flexibility index (Phi) is 8.15. The third-order valence-electron chi connectivity index (χ3n) is 3.94. The summed E-state index contributed by atoms with van der Waals surface area (Å²) >= 11 is 3.80. The normalized spacial score (nSPS) is 13.1. The molecular formula is C20H29O4SSi. The molecule has 0 saturated carbocycles. The largest absolute Gasteiger partial charge is 0.540 e. The van der Waals surface area contributed by atoms with E-state index in [0.717, 1.165) is 11.1 Å². The number of allylic oxidation sites excluding steroid dienone is 1. The Morgan fingerprint density at radius 3 is 2.27 bits per heavy atom. The van der Waals surface area contributed by atoms with E-state index in [1.165, 1.54) is 6.08 Å². The van der Waals surface area contributed by atoms with Gasteiger partial charge in [0.2, 0.25) is 0 Å². The second kappa shape index (κ2) is 9.42. The summed E-state index contributed by atoms with van der Waals surface area (Å²) in [5.41, 5.74) is 1.69. The van der Waals surface area contributed by atoms with Crippen LogP contribution in [0.25, 0.3) is 6.08 Å². The zero-order valence-corrected chi connectivity index (χ0v) is 18.6. The minimum Gasteiger partial charge on any atom is -0.540 e. The molecule has 1 aromatic rings. The van der Waals surface area contributed by atoms with E-state index in [-0.39, 0.29) is 11.2 Å². The van der Waals surface area contributed by atoms with Crippen molar-refractivity contribution in [3.8, 4) is 11.5 Å². The van der Waals surface area contributed by atoms with Crippen LogP contribution in [-0.2, 0) is 15.0 Å². The number of hydrogen-bond donors (Lipinski definition) is 1. The molecule has 6 heteroatoms. The minimum atomic E-state index is -1.04. The third kappa shape index (κ3) is 5.74. The molecule has 1 rings (SSSR count). The predicted octanol–water partition coefficient (Wildman–Crippen LogP) is 4.69. The monoisotopic (exact) mass is 393 g/mol. The highest BCUT2D eigenvalue weighted by Gasteiger charge is 2.25. The molecule has 0 heterocycles. The molecule has 4 nitrogen and oxygen atoms in total. The summed E-state index contributed by atoms with van der Waals surface area (Å²) in [5, 5.41) is -0.410. The number of rotatable bonds is 8. The Labute approximate surface area is 164 Å². The van der Waals surface area contributed by atoms with Gasteiger partial charge in [0, 0.05) is 11.1 Å². The highest BCUT2D eigenvalue weighted by atomic mass is 32.1. The molecule has 0 aliphatic rings. The Bertz CT molecular complexity index is 690. The number of hydrogen-bond acceptors (Lipinski definition) is 4. The van der Waals surface area contributed by atoms with Gasteiger partial charge in [-0.15, -0.1) is 12.6 Å². The average molecular weight is 394 g/mol. The van der Waals surface area contributed by atoms with Gasteiger partial charge in [-0.25, -0.2) is 0 Å². The van der Waals surface area contributed by atoms with Crippen molar-refractivity contribution in [3.63, 3.8) is 0 Å². The van der Waals surface area contributed by atoms with Crippen molar-refractivity contribution in [2.75, 3.05) is 7.11 Å². The number of carbonyl (C=O) groups excluding carboxylic acids is 2. The molecule has 0 aliphatic heterocycles. The molecule has 0 saturated heterocycles. The van der Waals surface area contributed by atoms with Crippen LogP contribution in [-0.4, -0.2) is 27.0 Å². The van der Waals surface area contributed by atoms with Gasteiger partial charge in [-0.3, -0.25) is 9.59 Å². The lowest BCUT2D eigenvalue weighted by molar-refractivity contribution is -0.125. The standard InChI is InChI=1S/C20H29O4SSi/c1-8-14(19(22)25)16(21)12-10-13-9-11-15(20(2,3)4)18(23-5)17(13)24-26(6)7/h9-12,14H,8H2,1-7H3,(H,22,25). The van der Waals surface area contributed by atoms with Crippen LogP contribution < -0.4 is 9.16 Å². The second-order valence-electron chi connectivity index (χ2n) is 7.36. The van der Waals surface area contributed by atoms with Crippen LogP contribution in [0.5, 0.6) is 11.5 Å². The Morgan fingerprint density at radius 2 is 1.85 bits per heavy atom. The summed E-state index contributed by atoms with van der Waals surface area (Å²) in [5.74, 6) is 0.367. The van der Waals surface area contributed by atoms with Gasteiger partial charge in [-0.1, -0.05) is 39.8 Å². The average Bonchev–Trinajstić information content (AvgIpc) is 2.51. The van der Waals surface area contributed by atoms with Crippen LogP contribution in [0.2, 0.25) is 13.1 Å². The van der Waals surface area contributed by atoms with Gasteiger partial charge in [0.25, 0.3) is 9.04 Å². The lowest BCUT2D eigenvalue weighted by Gasteiger charge is -2.25. The molecule has 0 N–H and O–H groups in total.